The van der Waals surface area contributed by atoms with Crippen LogP contribution in [0.5, 0.6) is 0 Å². The molecule has 0 aromatic heterocycles. The molecule has 82 heavy (non-hydrogen) atoms. The second-order valence-corrected chi connectivity index (χ2v) is 21.8. The van der Waals surface area contributed by atoms with Crippen molar-refractivity contribution in [2.24, 2.45) is 0 Å². The molecular weight excluding hydrogens is 1060 g/mol. The summed E-state index contributed by atoms with van der Waals surface area (Å²) in [6, 6.07) is -0.902. The molecule has 17 unspecified atom stereocenters. The molecule has 472 valence electrons. The van der Waals surface area contributed by atoms with Crippen LogP contribution in [0.15, 0.2) is 85.1 Å². The lowest BCUT2D eigenvalue weighted by Gasteiger charge is -2.48. The summed E-state index contributed by atoms with van der Waals surface area (Å²) in [5.41, 5.74) is 0. The van der Waals surface area contributed by atoms with E-state index in [9.17, 15) is 61.0 Å². The highest BCUT2D eigenvalue weighted by Gasteiger charge is 2.53. The predicted molar refractivity (Wildman–Crippen MR) is 314 cm³/mol. The van der Waals surface area contributed by atoms with Crippen molar-refractivity contribution in [3.8, 4) is 0 Å². The van der Waals surface area contributed by atoms with Crippen LogP contribution in [0.4, 0.5) is 0 Å². The van der Waals surface area contributed by atoms with Crippen molar-refractivity contribution >= 4 is 5.91 Å². The number of nitrogens with one attached hydrogen (secondary N) is 1. The number of ether oxygens (including phenoxy) is 6. The van der Waals surface area contributed by atoms with Gasteiger partial charge in [0.2, 0.25) is 5.91 Å². The van der Waals surface area contributed by atoms with Crippen LogP contribution in [0.2, 0.25) is 0 Å². The quantitative estimate of drug-likeness (QED) is 0.0247. The van der Waals surface area contributed by atoms with Gasteiger partial charge in [-0.3, -0.25) is 4.79 Å². The molecule has 3 fully saturated rings. The number of rotatable bonds is 44. The second kappa shape index (κ2) is 45.3. The Bertz CT molecular complexity index is 1820. The molecule has 0 radical (unpaired) electrons. The Morgan fingerprint density at radius 1 is 0.451 bits per heavy atom. The average Bonchev–Trinajstić information content (AvgIpc) is 3.64. The highest BCUT2D eigenvalue weighted by atomic mass is 16.8. The summed E-state index contributed by atoms with van der Waals surface area (Å²) in [5.74, 6) is -0.268. The van der Waals surface area contributed by atoms with Gasteiger partial charge < -0.3 is 89.9 Å². The first-order valence-corrected chi connectivity index (χ1v) is 30.8. The van der Waals surface area contributed by atoms with E-state index < -0.39 is 124 Å². The maximum absolute atomic E-state index is 13.3. The van der Waals surface area contributed by atoms with Crippen molar-refractivity contribution in [1.82, 2.24) is 5.32 Å². The van der Waals surface area contributed by atoms with Gasteiger partial charge in [-0.25, -0.2) is 0 Å². The van der Waals surface area contributed by atoms with Gasteiger partial charge in [-0.1, -0.05) is 182 Å². The molecule has 0 spiro atoms. The Kier molecular flexibility index (Phi) is 40.5. The smallest absolute Gasteiger partial charge is 0.220 e. The maximum Gasteiger partial charge on any atom is 0.220 e. The third kappa shape index (κ3) is 28.4. The standard InChI is InChI=1S/C63H107NO18/c1-3-5-7-9-11-13-15-16-17-18-19-20-21-22-23-24-25-26-27-28-29-30-31-33-35-37-39-41-51(69)64-46(47(68)40-38-36-34-32-14-12-10-8-6-4-2)45-77-61-57(75)54(72)59(49(43-66)79-61)82-63-58(76)55(73)60(50(44-67)80-63)81-62-56(74)53(71)52(70)48(42-65)78-62/h5,7,11,13,16-17,19-20,22-23,25-26,28-29,46-50,52-63,65-68,70-76H,3-4,6,8-10,12,14-15,18,21,24,27,30-45H2,1-2H3,(H,64,69)/b7-5-,13-11-,17-16-,20-19-,23-22-,26-25-,29-28-. The molecule has 17 atom stereocenters. The molecule has 19 heteroatoms. The fourth-order valence-corrected chi connectivity index (χ4v) is 9.94. The van der Waals surface area contributed by atoms with Crippen molar-refractivity contribution in [2.75, 3.05) is 26.4 Å². The third-order valence-electron chi connectivity index (χ3n) is 15.0. The molecule has 1 amide bonds. The number of unbranched alkanes of at least 4 members (excludes halogenated alkanes) is 14. The summed E-state index contributed by atoms with van der Waals surface area (Å²) >= 11 is 0. The lowest BCUT2D eigenvalue weighted by Crippen LogP contribution is -2.66. The summed E-state index contributed by atoms with van der Waals surface area (Å²) in [7, 11) is 0. The molecule has 3 heterocycles. The van der Waals surface area contributed by atoms with E-state index in [1.807, 2.05) is 0 Å². The Morgan fingerprint density at radius 2 is 0.841 bits per heavy atom. The van der Waals surface area contributed by atoms with Crippen molar-refractivity contribution in [3.63, 3.8) is 0 Å². The number of aliphatic hydroxyl groups is 11. The van der Waals surface area contributed by atoms with Crippen molar-refractivity contribution in [1.29, 1.82) is 0 Å². The fourth-order valence-electron chi connectivity index (χ4n) is 9.94. The molecule has 0 aromatic rings. The van der Waals surface area contributed by atoms with E-state index in [2.05, 4.69) is 104 Å². The SMILES string of the molecule is CC/C=C\C/C=C\C/C=C\C/C=C\C/C=C\C/C=C\C/C=C\CCCCCCCC(=O)NC(COC1OC(CO)C(OC2OC(CO)C(OC3OC(CO)C(O)C(O)C3O)C(O)C2O)C(O)C1O)C(O)CCCCCCCCCCCC. The van der Waals surface area contributed by atoms with E-state index in [0.29, 0.717) is 12.8 Å². The largest absolute Gasteiger partial charge is 0.394 e. The zero-order valence-corrected chi connectivity index (χ0v) is 49.2. The van der Waals surface area contributed by atoms with Crippen LogP contribution in [0, 0.1) is 0 Å². The van der Waals surface area contributed by atoms with E-state index in [0.717, 1.165) is 103 Å². The van der Waals surface area contributed by atoms with E-state index in [1.165, 1.54) is 38.5 Å². The Balaban J connectivity index is 1.44. The lowest BCUT2D eigenvalue weighted by molar-refractivity contribution is -0.379. The van der Waals surface area contributed by atoms with Gasteiger partial charge in [0.15, 0.2) is 18.9 Å². The number of carbonyl (C=O) groups is 1. The highest BCUT2D eigenvalue weighted by molar-refractivity contribution is 5.76. The molecule has 3 aliphatic heterocycles. The molecule has 3 saturated heterocycles. The molecule has 3 rings (SSSR count). The minimum absolute atomic E-state index is 0.238. The third-order valence-corrected chi connectivity index (χ3v) is 15.0. The van der Waals surface area contributed by atoms with E-state index in [1.54, 1.807) is 0 Å². The average molecular weight is 1170 g/mol. The van der Waals surface area contributed by atoms with Crippen LogP contribution >= 0.6 is 0 Å². The minimum atomic E-state index is -1.98. The Morgan fingerprint density at radius 3 is 1.32 bits per heavy atom. The topological polar surface area (TPSA) is 307 Å². The fraction of sp³-hybridized carbons (Fsp3) is 0.762. The van der Waals surface area contributed by atoms with Gasteiger partial charge in [-0.2, -0.15) is 0 Å². The number of carbonyl (C=O) groups excluding carboxylic acids is 1. The zero-order chi connectivity index (χ0) is 59.7. The van der Waals surface area contributed by atoms with E-state index in [-0.39, 0.29) is 18.9 Å². The minimum Gasteiger partial charge on any atom is -0.394 e. The van der Waals surface area contributed by atoms with Crippen LogP contribution in [-0.4, -0.2) is 193 Å². The number of aliphatic hydroxyl groups excluding tert-OH is 11. The van der Waals surface area contributed by atoms with Crippen LogP contribution < -0.4 is 5.32 Å². The summed E-state index contributed by atoms with van der Waals surface area (Å²) < 4.78 is 34.2. The van der Waals surface area contributed by atoms with Gasteiger partial charge in [-0.05, 0) is 70.6 Å². The first-order valence-electron chi connectivity index (χ1n) is 30.8. The Hall–Kier alpha value is -3.03. The van der Waals surface area contributed by atoms with E-state index in [4.69, 9.17) is 28.4 Å². The Labute approximate surface area is 489 Å². The van der Waals surface area contributed by atoms with Crippen LogP contribution in [0.1, 0.15) is 174 Å². The van der Waals surface area contributed by atoms with Gasteiger partial charge in [0.1, 0.15) is 73.2 Å². The summed E-state index contributed by atoms with van der Waals surface area (Å²) in [6.45, 7) is 1.61. The van der Waals surface area contributed by atoms with Gasteiger partial charge in [0.25, 0.3) is 0 Å². The van der Waals surface area contributed by atoms with Crippen LogP contribution in [0.3, 0.4) is 0 Å². The maximum atomic E-state index is 13.3. The number of allylic oxidation sites excluding steroid dienone is 14. The van der Waals surface area contributed by atoms with Crippen LogP contribution in [-0.2, 0) is 33.2 Å². The normalized spacial score (nSPS) is 30.2. The molecule has 0 aromatic carbocycles. The van der Waals surface area contributed by atoms with E-state index >= 15 is 0 Å². The number of hydrogen-bond acceptors (Lipinski definition) is 18. The molecular formula is C63H107NO18. The van der Waals surface area contributed by atoms with Crippen LogP contribution in [0.25, 0.3) is 0 Å². The highest BCUT2D eigenvalue weighted by Crippen LogP contribution is 2.33. The molecule has 3 aliphatic rings. The number of amides is 1. The molecule has 19 nitrogen and oxygen atoms in total. The van der Waals surface area contributed by atoms with Gasteiger partial charge >= 0.3 is 0 Å². The molecule has 0 aliphatic carbocycles. The lowest BCUT2D eigenvalue weighted by atomic mass is 9.96. The molecule has 12 N–H and O–H groups in total. The number of hydrogen-bond donors (Lipinski definition) is 12. The molecule has 0 saturated carbocycles. The first kappa shape index (κ1) is 73.2. The molecule has 0 bridgehead atoms. The summed E-state index contributed by atoms with van der Waals surface area (Å²) in [5, 5.41) is 120. The predicted octanol–water partition coefficient (Wildman–Crippen LogP) is 5.98. The monoisotopic (exact) mass is 1170 g/mol. The first-order chi connectivity index (χ1) is 39.8. The van der Waals surface area contributed by atoms with Crippen molar-refractivity contribution in [3.05, 3.63) is 85.1 Å². The van der Waals surface area contributed by atoms with Gasteiger partial charge in [0, 0.05) is 6.42 Å². The summed E-state index contributed by atoms with van der Waals surface area (Å²) in [4.78, 5) is 13.3. The second-order valence-electron chi connectivity index (χ2n) is 21.8. The van der Waals surface area contributed by atoms with Gasteiger partial charge in [0.05, 0.1) is 38.6 Å². The van der Waals surface area contributed by atoms with Gasteiger partial charge in [-0.15, -0.1) is 0 Å². The van der Waals surface area contributed by atoms with Crippen molar-refractivity contribution < 1.29 is 89.4 Å². The van der Waals surface area contributed by atoms with Crippen molar-refractivity contribution in [2.45, 2.75) is 279 Å². The zero-order valence-electron chi connectivity index (χ0n) is 49.2. The summed E-state index contributed by atoms with van der Waals surface area (Å²) in [6.07, 6.45) is 28.2.